The molecule has 4 nitrogen and oxygen atoms in total. The number of anilines is 1. The molecule has 0 fully saturated rings. The minimum absolute atomic E-state index is 0.0851. The molecule has 0 atom stereocenters. The molecule has 2 amide bonds. The molecule has 0 heterocycles. The number of benzene rings is 3. The van der Waals surface area contributed by atoms with Crippen LogP contribution in [0.4, 0.5) is 5.69 Å². The highest BCUT2D eigenvalue weighted by molar-refractivity contribution is 9.10. The van der Waals surface area contributed by atoms with E-state index in [9.17, 15) is 9.59 Å². The average molecular weight is 383 g/mol. The van der Waals surface area contributed by atoms with Crippen LogP contribution in [-0.4, -0.2) is 18.4 Å². The number of amides is 2. The predicted octanol–water partition coefficient (Wildman–Crippen LogP) is 3.97. The second-order valence-corrected chi connectivity index (χ2v) is 6.22. The van der Waals surface area contributed by atoms with Gasteiger partial charge in [-0.3, -0.25) is 9.59 Å². The lowest BCUT2D eigenvalue weighted by molar-refractivity contribution is -0.115. The Balaban J connectivity index is 1.60. The Kier molecular flexibility index (Phi) is 4.91. The van der Waals surface area contributed by atoms with E-state index < -0.39 is 0 Å². The van der Waals surface area contributed by atoms with E-state index in [0.717, 1.165) is 15.2 Å². The summed E-state index contributed by atoms with van der Waals surface area (Å²) in [4.78, 5) is 24.1. The highest BCUT2D eigenvalue weighted by Crippen LogP contribution is 2.16. The first-order chi connectivity index (χ1) is 11.6. The van der Waals surface area contributed by atoms with Crippen LogP contribution in [0.25, 0.3) is 10.8 Å². The van der Waals surface area contributed by atoms with Crippen molar-refractivity contribution in [1.29, 1.82) is 0 Å². The Hall–Kier alpha value is -2.66. The van der Waals surface area contributed by atoms with Crippen molar-refractivity contribution in [1.82, 2.24) is 5.32 Å². The number of halogens is 1. The monoisotopic (exact) mass is 382 g/mol. The molecule has 2 N–H and O–H groups in total. The Morgan fingerprint density at radius 2 is 1.67 bits per heavy atom. The Morgan fingerprint density at radius 3 is 2.46 bits per heavy atom. The van der Waals surface area contributed by atoms with E-state index in [1.54, 1.807) is 18.2 Å². The van der Waals surface area contributed by atoms with E-state index in [1.807, 2.05) is 48.5 Å². The molecule has 24 heavy (non-hydrogen) atoms. The maximum absolute atomic E-state index is 12.2. The van der Waals surface area contributed by atoms with Gasteiger partial charge in [0, 0.05) is 15.7 Å². The van der Waals surface area contributed by atoms with E-state index in [1.165, 1.54) is 0 Å². The molecular weight excluding hydrogens is 368 g/mol. The van der Waals surface area contributed by atoms with Crippen LogP contribution in [-0.2, 0) is 4.79 Å². The van der Waals surface area contributed by atoms with Crippen molar-refractivity contribution in [3.63, 3.8) is 0 Å². The fourth-order valence-corrected chi connectivity index (χ4v) is 2.76. The van der Waals surface area contributed by atoms with Crippen molar-refractivity contribution in [2.24, 2.45) is 0 Å². The van der Waals surface area contributed by atoms with Gasteiger partial charge in [0.25, 0.3) is 5.91 Å². The summed E-state index contributed by atoms with van der Waals surface area (Å²) in [6, 6.07) is 20.6. The van der Waals surface area contributed by atoms with Crippen LogP contribution in [0.5, 0.6) is 0 Å². The summed E-state index contributed by atoms with van der Waals surface area (Å²) >= 11 is 3.34. The fourth-order valence-electron chi connectivity index (χ4n) is 2.36. The summed E-state index contributed by atoms with van der Waals surface area (Å²) in [6.45, 7) is -0.0851. The van der Waals surface area contributed by atoms with Gasteiger partial charge in [0.2, 0.25) is 5.91 Å². The first-order valence-electron chi connectivity index (χ1n) is 7.44. The Labute approximate surface area is 148 Å². The molecule has 0 aliphatic carbocycles. The molecule has 0 radical (unpaired) electrons. The van der Waals surface area contributed by atoms with E-state index >= 15 is 0 Å². The third-order valence-corrected chi connectivity index (χ3v) is 4.02. The molecule has 0 bridgehead atoms. The normalized spacial score (nSPS) is 10.4. The van der Waals surface area contributed by atoms with Gasteiger partial charge in [-0.2, -0.15) is 0 Å². The molecule has 3 aromatic rings. The summed E-state index contributed by atoms with van der Waals surface area (Å²) in [5.74, 6) is -0.549. The zero-order chi connectivity index (χ0) is 16.9. The van der Waals surface area contributed by atoms with Crippen molar-refractivity contribution in [2.45, 2.75) is 0 Å². The molecule has 3 aromatic carbocycles. The maximum atomic E-state index is 12.2. The molecule has 3 rings (SSSR count). The van der Waals surface area contributed by atoms with E-state index in [-0.39, 0.29) is 18.4 Å². The maximum Gasteiger partial charge on any atom is 0.251 e. The van der Waals surface area contributed by atoms with Gasteiger partial charge in [0.1, 0.15) is 0 Å². The second-order valence-electron chi connectivity index (χ2n) is 5.30. The molecule has 120 valence electrons. The van der Waals surface area contributed by atoms with Crippen molar-refractivity contribution >= 4 is 44.2 Å². The van der Waals surface area contributed by atoms with Gasteiger partial charge < -0.3 is 10.6 Å². The summed E-state index contributed by atoms with van der Waals surface area (Å²) in [7, 11) is 0. The predicted molar refractivity (Wildman–Crippen MR) is 99.1 cm³/mol. The van der Waals surface area contributed by atoms with E-state index in [0.29, 0.717) is 11.3 Å². The highest BCUT2D eigenvalue weighted by atomic mass is 79.9. The Morgan fingerprint density at radius 1 is 0.875 bits per heavy atom. The van der Waals surface area contributed by atoms with E-state index in [4.69, 9.17) is 0 Å². The lowest BCUT2D eigenvalue weighted by atomic mass is 10.1. The van der Waals surface area contributed by atoms with Crippen molar-refractivity contribution in [3.8, 4) is 0 Å². The fraction of sp³-hybridized carbons (Fsp3) is 0.0526. The molecule has 0 saturated heterocycles. The zero-order valence-corrected chi connectivity index (χ0v) is 14.3. The number of carbonyl (C=O) groups is 2. The van der Waals surface area contributed by atoms with Crippen molar-refractivity contribution < 1.29 is 9.59 Å². The molecule has 0 aliphatic heterocycles. The standard InChI is InChI=1S/C19H15BrN2O2/c20-16-6-3-7-17(11-16)22-18(23)12-21-19(24)15-9-8-13-4-1-2-5-14(13)10-15/h1-11H,12H2,(H,21,24)(H,22,23). The third kappa shape index (κ3) is 4.00. The van der Waals surface area contributed by atoms with Crippen molar-refractivity contribution in [3.05, 3.63) is 76.8 Å². The number of carbonyl (C=O) groups excluding carboxylic acids is 2. The van der Waals surface area contributed by atoms with Gasteiger partial charge in [-0.25, -0.2) is 0 Å². The number of fused-ring (bicyclic) bond motifs is 1. The Bertz CT molecular complexity index is 909. The number of rotatable bonds is 4. The van der Waals surface area contributed by atoms with Crippen LogP contribution < -0.4 is 10.6 Å². The first-order valence-corrected chi connectivity index (χ1v) is 8.23. The zero-order valence-electron chi connectivity index (χ0n) is 12.8. The van der Waals surface area contributed by atoms with Crippen LogP contribution >= 0.6 is 15.9 Å². The lowest BCUT2D eigenvalue weighted by Gasteiger charge is -2.08. The van der Waals surface area contributed by atoms with Gasteiger partial charge in [-0.05, 0) is 41.1 Å². The van der Waals surface area contributed by atoms with E-state index in [2.05, 4.69) is 26.6 Å². The van der Waals surface area contributed by atoms with Crippen LogP contribution in [0.3, 0.4) is 0 Å². The minimum atomic E-state index is -0.276. The number of hydrogen-bond donors (Lipinski definition) is 2. The van der Waals surface area contributed by atoms with Crippen LogP contribution in [0.2, 0.25) is 0 Å². The SMILES string of the molecule is O=C(CNC(=O)c1ccc2ccccc2c1)Nc1cccc(Br)c1. The number of nitrogens with one attached hydrogen (secondary N) is 2. The van der Waals surface area contributed by atoms with Gasteiger partial charge in [0.05, 0.1) is 6.54 Å². The van der Waals surface area contributed by atoms with Gasteiger partial charge in [0.15, 0.2) is 0 Å². The van der Waals surface area contributed by atoms with Crippen LogP contribution in [0.15, 0.2) is 71.2 Å². The molecule has 0 aliphatic rings. The average Bonchev–Trinajstić information content (AvgIpc) is 2.59. The van der Waals surface area contributed by atoms with Crippen molar-refractivity contribution in [2.75, 3.05) is 11.9 Å². The third-order valence-electron chi connectivity index (χ3n) is 3.53. The smallest absolute Gasteiger partial charge is 0.251 e. The molecule has 0 saturated carbocycles. The second kappa shape index (κ2) is 7.27. The molecule has 0 aromatic heterocycles. The summed E-state index contributed by atoms with van der Waals surface area (Å²) in [5.41, 5.74) is 1.21. The molecule has 0 spiro atoms. The topological polar surface area (TPSA) is 58.2 Å². The summed E-state index contributed by atoms with van der Waals surface area (Å²) < 4.78 is 0.875. The highest BCUT2D eigenvalue weighted by Gasteiger charge is 2.09. The van der Waals surface area contributed by atoms with Gasteiger partial charge >= 0.3 is 0 Å². The minimum Gasteiger partial charge on any atom is -0.343 e. The summed E-state index contributed by atoms with van der Waals surface area (Å²) in [6.07, 6.45) is 0. The molecule has 0 unspecified atom stereocenters. The lowest BCUT2D eigenvalue weighted by Crippen LogP contribution is -2.32. The quantitative estimate of drug-likeness (QED) is 0.716. The molecular formula is C19H15BrN2O2. The van der Waals surface area contributed by atoms with Gasteiger partial charge in [-0.1, -0.05) is 52.3 Å². The number of hydrogen-bond acceptors (Lipinski definition) is 2. The van der Waals surface area contributed by atoms with Crippen LogP contribution in [0, 0.1) is 0 Å². The first kappa shape index (κ1) is 16.2. The molecule has 5 heteroatoms. The summed E-state index contributed by atoms with van der Waals surface area (Å²) in [5, 5.41) is 7.43. The van der Waals surface area contributed by atoms with Crippen LogP contribution in [0.1, 0.15) is 10.4 Å². The van der Waals surface area contributed by atoms with Gasteiger partial charge in [-0.15, -0.1) is 0 Å². The largest absolute Gasteiger partial charge is 0.343 e.